The fraction of sp³-hybridized carbons (Fsp3) is 0.467. The molecule has 0 bridgehead atoms. The number of amides is 2. The zero-order chi connectivity index (χ0) is 14.9. The second kappa shape index (κ2) is 5.15. The van der Waals surface area contributed by atoms with E-state index in [1.807, 2.05) is 45.0 Å². The topological polar surface area (TPSA) is 67.9 Å². The van der Waals surface area contributed by atoms with Crippen LogP contribution >= 0.6 is 0 Å². The lowest BCUT2D eigenvalue weighted by molar-refractivity contribution is 0.155. The zero-order valence-corrected chi connectivity index (χ0v) is 12.4. The fourth-order valence-electron chi connectivity index (χ4n) is 2.72. The number of hydrogen-bond donors (Lipinski definition) is 1. The van der Waals surface area contributed by atoms with E-state index in [1.165, 1.54) is 0 Å². The summed E-state index contributed by atoms with van der Waals surface area (Å²) in [4.78, 5) is 17.6. The lowest BCUT2D eigenvalue weighted by atomic mass is 9.89. The number of nitrogens with two attached hydrogens (primary N) is 1. The molecule has 0 fully saturated rings. The summed E-state index contributed by atoms with van der Waals surface area (Å²) in [6, 6.07) is 7.58. The van der Waals surface area contributed by atoms with Crippen LogP contribution in [0.5, 0.6) is 5.75 Å². The Balaban J connectivity index is 2.28. The first-order valence-corrected chi connectivity index (χ1v) is 6.69. The molecule has 108 valence electrons. The highest BCUT2D eigenvalue weighted by Crippen LogP contribution is 2.29. The number of ether oxygens (including phenoxy) is 1. The van der Waals surface area contributed by atoms with Crippen molar-refractivity contribution in [2.24, 2.45) is 10.7 Å². The number of amidine groups is 1. The van der Waals surface area contributed by atoms with E-state index < -0.39 is 5.54 Å². The van der Waals surface area contributed by atoms with Crippen LogP contribution in [0.25, 0.3) is 0 Å². The summed E-state index contributed by atoms with van der Waals surface area (Å²) in [5.41, 5.74) is 6.52. The van der Waals surface area contributed by atoms with Crippen LogP contribution in [-0.4, -0.2) is 35.5 Å². The van der Waals surface area contributed by atoms with Gasteiger partial charge >= 0.3 is 6.03 Å². The molecule has 2 rings (SSSR count). The maximum atomic E-state index is 12.0. The van der Waals surface area contributed by atoms with Gasteiger partial charge in [-0.25, -0.2) is 4.79 Å². The molecule has 1 aliphatic heterocycles. The number of rotatable bonds is 4. The molecule has 0 aromatic heterocycles. The van der Waals surface area contributed by atoms with Gasteiger partial charge in [0.2, 0.25) is 0 Å². The van der Waals surface area contributed by atoms with Crippen LogP contribution in [-0.2, 0) is 6.42 Å². The second-order valence-corrected chi connectivity index (χ2v) is 5.54. The number of aliphatic imine (C=N–C) groups is 1. The van der Waals surface area contributed by atoms with Gasteiger partial charge in [-0.3, -0.25) is 0 Å². The molecule has 5 heteroatoms. The molecule has 1 aromatic rings. The zero-order valence-electron chi connectivity index (χ0n) is 12.4. The summed E-state index contributed by atoms with van der Waals surface area (Å²) in [6.45, 7) is 5.90. The quantitative estimate of drug-likeness (QED) is 0.916. The van der Waals surface area contributed by atoms with Crippen molar-refractivity contribution in [1.29, 1.82) is 0 Å². The van der Waals surface area contributed by atoms with Crippen molar-refractivity contribution in [3.8, 4) is 5.75 Å². The summed E-state index contributed by atoms with van der Waals surface area (Å²) in [7, 11) is 1.64. The molecule has 2 N–H and O–H groups in total. The van der Waals surface area contributed by atoms with E-state index >= 15 is 0 Å². The van der Waals surface area contributed by atoms with Crippen LogP contribution in [0, 0.1) is 0 Å². The molecule has 20 heavy (non-hydrogen) atoms. The number of carbonyl (C=O) groups is 1. The van der Waals surface area contributed by atoms with Crippen molar-refractivity contribution >= 4 is 11.9 Å². The average molecular weight is 275 g/mol. The molecule has 1 aromatic carbocycles. The van der Waals surface area contributed by atoms with E-state index in [2.05, 4.69) is 4.99 Å². The Morgan fingerprint density at radius 2 is 1.95 bits per heavy atom. The monoisotopic (exact) mass is 275 g/mol. The normalized spacial score (nSPS) is 22.4. The minimum atomic E-state index is -0.570. The summed E-state index contributed by atoms with van der Waals surface area (Å²) >= 11 is 0. The number of urea groups is 1. The second-order valence-electron chi connectivity index (χ2n) is 5.54. The van der Waals surface area contributed by atoms with Crippen molar-refractivity contribution in [1.82, 2.24) is 4.90 Å². The lowest BCUT2D eigenvalue weighted by Crippen LogP contribution is -2.55. The number of nitrogens with zero attached hydrogens (tertiary/aromatic N) is 2. The Kier molecular flexibility index (Phi) is 3.70. The van der Waals surface area contributed by atoms with Gasteiger partial charge in [-0.1, -0.05) is 12.1 Å². The van der Waals surface area contributed by atoms with Crippen LogP contribution in [0.3, 0.4) is 0 Å². The number of methoxy groups -OCH3 is 1. The number of hydrogen-bond acceptors (Lipinski definition) is 3. The van der Waals surface area contributed by atoms with Crippen LogP contribution in [0.4, 0.5) is 4.79 Å². The van der Waals surface area contributed by atoms with E-state index in [0.717, 1.165) is 11.3 Å². The highest BCUT2D eigenvalue weighted by Gasteiger charge is 2.45. The van der Waals surface area contributed by atoms with Gasteiger partial charge in [0.25, 0.3) is 0 Å². The molecule has 0 aliphatic carbocycles. The van der Waals surface area contributed by atoms with Crippen LogP contribution in [0.2, 0.25) is 0 Å². The highest BCUT2D eigenvalue weighted by atomic mass is 16.5. The van der Waals surface area contributed by atoms with Crippen LogP contribution in [0.15, 0.2) is 29.3 Å². The van der Waals surface area contributed by atoms with E-state index in [0.29, 0.717) is 12.3 Å². The van der Waals surface area contributed by atoms with Crippen LogP contribution in [0.1, 0.15) is 26.3 Å². The Morgan fingerprint density at radius 3 is 2.45 bits per heavy atom. The molecular formula is C15H21N3O2. The first kappa shape index (κ1) is 14.4. The summed E-state index contributed by atoms with van der Waals surface area (Å²) in [6.07, 6.45) is 0.635. The predicted octanol–water partition coefficient (Wildman–Crippen LogP) is 2.20. The van der Waals surface area contributed by atoms with Gasteiger partial charge in [0.1, 0.15) is 17.1 Å². The average Bonchev–Trinajstić information content (AvgIpc) is 2.60. The van der Waals surface area contributed by atoms with Gasteiger partial charge in [0, 0.05) is 12.5 Å². The van der Waals surface area contributed by atoms with E-state index in [9.17, 15) is 4.79 Å². The molecule has 1 unspecified atom stereocenters. The Morgan fingerprint density at radius 1 is 1.35 bits per heavy atom. The summed E-state index contributed by atoms with van der Waals surface area (Å²) in [5.74, 6) is 1.19. The van der Waals surface area contributed by atoms with Gasteiger partial charge in [-0.2, -0.15) is 4.99 Å². The minimum absolute atomic E-state index is 0.0514. The third-order valence-corrected chi connectivity index (χ3v) is 3.73. The first-order chi connectivity index (χ1) is 9.38. The SMILES string of the molecule is COc1ccc(CC2(C)C(N)=NC(=O)N2C(C)C)cc1. The van der Waals surface area contributed by atoms with Crippen LogP contribution < -0.4 is 10.5 Å². The maximum Gasteiger partial charge on any atom is 0.346 e. The standard InChI is InChI=1S/C15H21N3O2/c1-10(2)18-14(19)17-13(16)15(18,3)9-11-5-7-12(20-4)8-6-11/h5-8,10H,9H2,1-4H3,(H2,16,17,19). The molecule has 1 atom stereocenters. The highest BCUT2D eigenvalue weighted by molar-refractivity contribution is 6.05. The Labute approximate surface area is 119 Å². The first-order valence-electron chi connectivity index (χ1n) is 6.69. The molecule has 0 spiro atoms. The summed E-state index contributed by atoms with van der Waals surface area (Å²) in [5, 5.41) is 0. The molecule has 0 saturated heterocycles. The van der Waals surface area contributed by atoms with E-state index in [-0.39, 0.29) is 12.1 Å². The molecule has 2 amide bonds. The largest absolute Gasteiger partial charge is 0.497 e. The third kappa shape index (κ3) is 2.35. The fourth-order valence-corrected chi connectivity index (χ4v) is 2.72. The van der Waals surface area contributed by atoms with Crippen molar-refractivity contribution < 1.29 is 9.53 Å². The third-order valence-electron chi connectivity index (χ3n) is 3.73. The molecule has 0 saturated carbocycles. The van der Waals surface area contributed by atoms with Gasteiger partial charge in [-0.15, -0.1) is 0 Å². The van der Waals surface area contributed by atoms with Crippen molar-refractivity contribution in [2.45, 2.75) is 38.8 Å². The number of carbonyl (C=O) groups excluding carboxylic acids is 1. The lowest BCUT2D eigenvalue weighted by Gasteiger charge is -2.37. The molecule has 1 heterocycles. The molecule has 5 nitrogen and oxygen atoms in total. The molecular weight excluding hydrogens is 254 g/mol. The molecule has 1 aliphatic rings. The smallest absolute Gasteiger partial charge is 0.346 e. The van der Waals surface area contributed by atoms with Crippen molar-refractivity contribution in [2.75, 3.05) is 7.11 Å². The van der Waals surface area contributed by atoms with Gasteiger partial charge < -0.3 is 15.4 Å². The van der Waals surface area contributed by atoms with Crippen molar-refractivity contribution in [3.05, 3.63) is 29.8 Å². The van der Waals surface area contributed by atoms with Gasteiger partial charge in [0.05, 0.1) is 7.11 Å². The molecule has 0 radical (unpaired) electrons. The predicted molar refractivity (Wildman–Crippen MR) is 79.1 cm³/mol. The van der Waals surface area contributed by atoms with Gasteiger partial charge in [0.15, 0.2) is 0 Å². The number of benzene rings is 1. The van der Waals surface area contributed by atoms with E-state index in [4.69, 9.17) is 10.5 Å². The maximum absolute atomic E-state index is 12.0. The van der Waals surface area contributed by atoms with Crippen molar-refractivity contribution in [3.63, 3.8) is 0 Å². The van der Waals surface area contributed by atoms with E-state index in [1.54, 1.807) is 12.0 Å². The van der Waals surface area contributed by atoms with Gasteiger partial charge in [-0.05, 0) is 38.5 Å². The minimum Gasteiger partial charge on any atom is -0.497 e. The summed E-state index contributed by atoms with van der Waals surface area (Å²) < 4.78 is 5.15. The Hall–Kier alpha value is -2.04. The Bertz CT molecular complexity index is 537.